The maximum atomic E-state index is 5.90. The smallest absolute Gasteiger partial charge is 0.0730 e. The van der Waals surface area contributed by atoms with E-state index < -0.39 is 0 Å². The molecule has 3 heterocycles. The van der Waals surface area contributed by atoms with Crippen molar-refractivity contribution in [1.82, 2.24) is 4.90 Å². The van der Waals surface area contributed by atoms with Gasteiger partial charge in [0.25, 0.3) is 0 Å². The standard InChI is InChI=1S/C7H15N3/c8-6-5-1-3-10(4-2-5)7(6)9/h5-7H,1-4,8-9H2/t6?,7-/m1/s1. The van der Waals surface area contributed by atoms with Gasteiger partial charge in [0.15, 0.2) is 0 Å². The van der Waals surface area contributed by atoms with Crippen LogP contribution in [0.15, 0.2) is 0 Å². The highest BCUT2D eigenvalue weighted by Crippen LogP contribution is 2.28. The van der Waals surface area contributed by atoms with Crippen LogP contribution >= 0.6 is 0 Å². The summed E-state index contributed by atoms with van der Waals surface area (Å²) in [5.41, 5.74) is 11.8. The molecule has 3 nitrogen and oxygen atoms in total. The molecule has 0 radical (unpaired) electrons. The lowest BCUT2D eigenvalue weighted by Crippen LogP contribution is -2.64. The van der Waals surface area contributed by atoms with Crippen molar-refractivity contribution in [2.24, 2.45) is 17.4 Å². The van der Waals surface area contributed by atoms with E-state index in [0.717, 1.165) is 0 Å². The molecule has 1 unspecified atom stereocenters. The number of fused-ring (bicyclic) bond motifs is 3. The van der Waals surface area contributed by atoms with E-state index in [2.05, 4.69) is 4.90 Å². The fourth-order valence-electron chi connectivity index (χ4n) is 2.12. The van der Waals surface area contributed by atoms with Gasteiger partial charge in [-0.1, -0.05) is 0 Å². The van der Waals surface area contributed by atoms with Gasteiger partial charge in [-0.05, 0) is 31.8 Å². The summed E-state index contributed by atoms with van der Waals surface area (Å²) in [5, 5.41) is 0. The molecule has 0 amide bonds. The molecule has 10 heavy (non-hydrogen) atoms. The lowest BCUT2D eigenvalue weighted by molar-refractivity contribution is 0.0318. The van der Waals surface area contributed by atoms with Gasteiger partial charge in [0.2, 0.25) is 0 Å². The molecule has 2 bridgehead atoms. The molecule has 0 saturated carbocycles. The van der Waals surface area contributed by atoms with Crippen LogP contribution in [0.5, 0.6) is 0 Å². The second-order valence-corrected chi connectivity index (χ2v) is 3.44. The topological polar surface area (TPSA) is 55.3 Å². The molecule has 4 N–H and O–H groups in total. The lowest BCUT2D eigenvalue weighted by atomic mass is 9.82. The highest BCUT2D eigenvalue weighted by molar-refractivity contribution is 4.93. The van der Waals surface area contributed by atoms with Crippen LogP contribution in [0.4, 0.5) is 0 Å². The lowest BCUT2D eigenvalue weighted by Gasteiger charge is -2.47. The molecule has 3 heteroatoms. The van der Waals surface area contributed by atoms with Gasteiger partial charge in [-0.2, -0.15) is 0 Å². The largest absolute Gasteiger partial charge is 0.325 e. The fraction of sp³-hybridized carbons (Fsp3) is 1.00. The van der Waals surface area contributed by atoms with Crippen molar-refractivity contribution in [3.63, 3.8) is 0 Å². The minimum Gasteiger partial charge on any atom is -0.325 e. The summed E-state index contributed by atoms with van der Waals surface area (Å²) in [7, 11) is 0. The van der Waals surface area contributed by atoms with Crippen LogP contribution < -0.4 is 11.5 Å². The van der Waals surface area contributed by atoms with E-state index in [1.54, 1.807) is 0 Å². The summed E-state index contributed by atoms with van der Waals surface area (Å²) in [5.74, 6) is 0.708. The summed E-state index contributed by atoms with van der Waals surface area (Å²) in [6.45, 7) is 2.33. The van der Waals surface area contributed by atoms with E-state index in [-0.39, 0.29) is 12.2 Å². The molecule has 3 aliphatic heterocycles. The molecular weight excluding hydrogens is 126 g/mol. The maximum Gasteiger partial charge on any atom is 0.0730 e. The van der Waals surface area contributed by atoms with Crippen molar-refractivity contribution in [1.29, 1.82) is 0 Å². The Labute approximate surface area is 61.4 Å². The van der Waals surface area contributed by atoms with E-state index in [1.165, 1.54) is 25.9 Å². The predicted molar refractivity (Wildman–Crippen MR) is 40.2 cm³/mol. The molecule has 3 fully saturated rings. The zero-order valence-electron chi connectivity index (χ0n) is 6.16. The average Bonchev–Trinajstić information content (AvgIpc) is 2.00. The summed E-state index contributed by atoms with van der Waals surface area (Å²) < 4.78 is 0. The first kappa shape index (κ1) is 6.58. The van der Waals surface area contributed by atoms with Gasteiger partial charge in [0, 0.05) is 6.04 Å². The van der Waals surface area contributed by atoms with Crippen LogP contribution in [0, 0.1) is 5.92 Å². The Morgan fingerprint density at radius 2 is 1.70 bits per heavy atom. The van der Waals surface area contributed by atoms with Gasteiger partial charge in [-0.25, -0.2) is 0 Å². The molecule has 0 aromatic heterocycles. The summed E-state index contributed by atoms with van der Waals surface area (Å²) in [4.78, 5) is 2.30. The third-order valence-electron chi connectivity index (χ3n) is 2.93. The average molecular weight is 141 g/mol. The summed E-state index contributed by atoms with van der Waals surface area (Å²) >= 11 is 0. The van der Waals surface area contributed by atoms with E-state index in [1.807, 2.05) is 0 Å². The van der Waals surface area contributed by atoms with E-state index >= 15 is 0 Å². The van der Waals surface area contributed by atoms with Gasteiger partial charge < -0.3 is 11.5 Å². The minimum atomic E-state index is 0.146. The number of nitrogens with zero attached hydrogens (tertiary/aromatic N) is 1. The SMILES string of the molecule is NC1C2CCN(CC2)[C@H]1N. The van der Waals surface area contributed by atoms with Gasteiger partial charge in [-0.15, -0.1) is 0 Å². The van der Waals surface area contributed by atoms with E-state index in [0.29, 0.717) is 5.92 Å². The monoisotopic (exact) mass is 141 g/mol. The molecule has 0 aromatic rings. The van der Waals surface area contributed by atoms with Crippen LogP contribution in [-0.2, 0) is 0 Å². The summed E-state index contributed by atoms with van der Waals surface area (Å²) in [6.07, 6.45) is 2.66. The molecule has 0 aliphatic carbocycles. The normalized spacial score (nSPS) is 53.4. The van der Waals surface area contributed by atoms with Crippen molar-refractivity contribution < 1.29 is 0 Å². The Hall–Kier alpha value is -0.120. The van der Waals surface area contributed by atoms with Gasteiger partial charge in [0.1, 0.15) is 0 Å². The minimum absolute atomic E-state index is 0.146. The zero-order valence-corrected chi connectivity index (χ0v) is 6.16. The second-order valence-electron chi connectivity index (χ2n) is 3.44. The Balaban J connectivity index is 2.13. The number of piperidine rings is 3. The van der Waals surface area contributed by atoms with Crippen molar-refractivity contribution in [2.75, 3.05) is 13.1 Å². The number of nitrogens with two attached hydrogens (primary N) is 2. The van der Waals surface area contributed by atoms with Crippen molar-refractivity contribution in [3.8, 4) is 0 Å². The number of hydrogen-bond acceptors (Lipinski definition) is 3. The van der Waals surface area contributed by atoms with Gasteiger partial charge in [-0.3, -0.25) is 4.90 Å². The van der Waals surface area contributed by atoms with Crippen LogP contribution in [-0.4, -0.2) is 30.2 Å². The third-order valence-corrected chi connectivity index (χ3v) is 2.93. The Kier molecular flexibility index (Phi) is 1.44. The highest BCUT2D eigenvalue weighted by Gasteiger charge is 2.37. The first-order valence-electron chi connectivity index (χ1n) is 4.04. The molecule has 2 atom stereocenters. The zero-order chi connectivity index (χ0) is 7.14. The van der Waals surface area contributed by atoms with Crippen LogP contribution in [0.25, 0.3) is 0 Å². The third kappa shape index (κ3) is 0.779. The molecular formula is C7H15N3. The fourth-order valence-corrected chi connectivity index (χ4v) is 2.12. The Bertz CT molecular complexity index is 109. The summed E-state index contributed by atoms with van der Waals surface area (Å²) in [6, 6.07) is 0.238. The van der Waals surface area contributed by atoms with Crippen LogP contribution in [0.1, 0.15) is 12.8 Å². The Morgan fingerprint density at radius 3 is 2.00 bits per heavy atom. The predicted octanol–water partition coefficient (Wildman–Crippen LogP) is -0.676. The number of hydrogen-bond donors (Lipinski definition) is 2. The van der Waals surface area contributed by atoms with Crippen molar-refractivity contribution >= 4 is 0 Å². The second kappa shape index (κ2) is 2.19. The van der Waals surface area contributed by atoms with E-state index in [9.17, 15) is 0 Å². The molecule has 0 spiro atoms. The van der Waals surface area contributed by atoms with Gasteiger partial charge >= 0.3 is 0 Å². The first-order chi connectivity index (χ1) is 4.79. The Morgan fingerprint density at radius 1 is 1.10 bits per heavy atom. The molecule has 58 valence electrons. The first-order valence-corrected chi connectivity index (χ1v) is 4.04. The highest BCUT2D eigenvalue weighted by atomic mass is 15.3. The maximum absolute atomic E-state index is 5.90. The molecule has 3 aliphatic rings. The van der Waals surface area contributed by atoms with Crippen molar-refractivity contribution in [2.45, 2.75) is 25.0 Å². The van der Waals surface area contributed by atoms with Crippen LogP contribution in [0.3, 0.4) is 0 Å². The van der Waals surface area contributed by atoms with E-state index in [4.69, 9.17) is 11.5 Å². The molecule has 0 aromatic carbocycles. The quantitative estimate of drug-likeness (QED) is 0.470. The van der Waals surface area contributed by atoms with Gasteiger partial charge in [0.05, 0.1) is 6.17 Å². The number of rotatable bonds is 0. The van der Waals surface area contributed by atoms with Crippen molar-refractivity contribution in [3.05, 3.63) is 0 Å². The molecule has 3 rings (SSSR count). The molecule has 3 saturated heterocycles. The van der Waals surface area contributed by atoms with Crippen LogP contribution in [0.2, 0.25) is 0 Å².